The molecule has 0 bridgehead atoms. The molecular formula is C26H33F2N3O3S. The summed E-state index contributed by atoms with van der Waals surface area (Å²) in [5.74, 6) is -0.695. The molecule has 1 aliphatic heterocycles. The molecule has 1 fully saturated rings. The second-order valence-corrected chi connectivity index (χ2v) is 8.61. The summed E-state index contributed by atoms with van der Waals surface area (Å²) in [4.78, 5) is 27.5. The van der Waals surface area contributed by atoms with Crippen LogP contribution in [0.2, 0.25) is 0 Å². The number of halogens is 2. The fourth-order valence-electron chi connectivity index (χ4n) is 3.05. The molecule has 1 aliphatic carbocycles. The maximum atomic E-state index is 12.4. The lowest BCUT2D eigenvalue weighted by Gasteiger charge is -2.25. The minimum atomic E-state index is -0.651. The van der Waals surface area contributed by atoms with Gasteiger partial charge in [0.2, 0.25) is 5.91 Å². The maximum absolute atomic E-state index is 12.4. The number of nitrogens with zero attached hydrogens (tertiary/aromatic N) is 1. The standard InChI is InChI=1S/C12H21N3O2S.C8H6F2O.C6H6/c1-13-12(18)11(16)14-10-4-2-3-7-15(17-10)8-9-5-6-9;9-7-3-6(1-2-11)4-8(10)5-7;1-2-4-6-5-3-1/h2-3,9-10,12-13,18H,4-8H2,1H3,(H,14,16);2-5H,1H2;1-6H. The van der Waals surface area contributed by atoms with Crippen molar-refractivity contribution >= 4 is 24.8 Å². The smallest absolute Gasteiger partial charge is 0.249 e. The number of carbonyl (C=O) groups excluding carboxylic acids is 2. The highest BCUT2D eigenvalue weighted by Crippen LogP contribution is 2.30. The zero-order chi connectivity index (χ0) is 25.5. The molecule has 2 atom stereocenters. The average Bonchev–Trinajstić information content (AvgIpc) is 3.68. The van der Waals surface area contributed by atoms with Crippen LogP contribution < -0.4 is 10.6 Å². The van der Waals surface area contributed by atoms with Gasteiger partial charge in [-0.05, 0) is 43.5 Å². The van der Waals surface area contributed by atoms with Crippen LogP contribution in [0.15, 0.2) is 66.7 Å². The summed E-state index contributed by atoms with van der Waals surface area (Å²) in [7, 11) is 1.70. The Morgan fingerprint density at radius 1 is 1.11 bits per heavy atom. The fraction of sp³-hybridized carbons (Fsp3) is 0.385. The number of hydrogen-bond donors (Lipinski definition) is 3. The van der Waals surface area contributed by atoms with E-state index in [9.17, 15) is 18.4 Å². The van der Waals surface area contributed by atoms with Gasteiger partial charge < -0.3 is 15.4 Å². The van der Waals surface area contributed by atoms with E-state index in [2.05, 4.69) is 29.3 Å². The zero-order valence-corrected chi connectivity index (χ0v) is 20.7. The van der Waals surface area contributed by atoms with Gasteiger partial charge in [0.15, 0.2) is 6.23 Å². The van der Waals surface area contributed by atoms with Crippen LogP contribution in [-0.4, -0.2) is 49.0 Å². The predicted octanol–water partition coefficient (Wildman–Crippen LogP) is 3.90. The summed E-state index contributed by atoms with van der Waals surface area (Å²) < 4.78 is 24.8. The van der Waals surface area contributed by atoms with Gasteiger partial charge in [0, 0.05) is 32.0 Å². The fourth-order valence-corrected chi connectivity index (χ4v) is 3.12. The summed E-state index contributed by atoms with van der Waals surface area (Å²) in [6, 6.07) is 15.0. The van der Waals surface area contributed by atoms with Crippen LogP contribution in [0.1, 0.15) is 24.8 Å². The Bertz CT molecular complexity index is 882. The Hall–Kier alpha value is -2.59. The Morgan fingerprint density at radius 2 is 1.71 bits per heavy atom. The first-order chi connectivity index (χ1) is 16.9. The number of hydroxylamine groups is 2. The third-order valence-corrected chi connectivity index (χ3v) is 5.49. The number of aldehydes is 1. The third-order valence-electron chi connectivity index (χ3n) is 4.99. The lowest BCUT2D eigenvalue weighted by molar-refractivity contribution is -0.199. The summed E-state index contributed by atoms with van der Waals surface area (Å²) in [6.45, 7) is 1.74. The SMILES string of the molecule is CNC(S)C(=O)NC1CC=CCN(CC2CC2)O1.O=CCc1cc(F)cc(F)c1.c1ccccc1. The monoisotopic (exact) mass is 505 g/mol. The van der Waals surface area contributed by atoms with E-state index in [1.807, 2.05) is 47.5 Å². The van der Waals surface area contributed by atoms with Crippen LogP contribution in [0.4, 0.5) is 8.78 Å². The molecule has 9 heteroatoms. The minimum absolute atomic E-state index is 0.0503. The van der Waals surface area contributed by atoms with Crippen molar-refractivity contribution in [3.05, 3.63) is 83.9 Å². The second kappa shape index (κ2) is 16.1. The predicted molar refractivity (Wildman–Crippen MR) is 135 cm³/mol. The van der Waals surface area contributed by atoms with Crippen molar-refractivity contribution in [3.63, 3.8) is 0 Å². The number of rotatable bonds is 7. The number of hydrogen-bond acceptors (Lipinski definition) is 6. The van der Waals surface area contributed by atoms with Crippen molar-refractivity contribution in [1.82, 2.24) is 15.7 Å². The lowest BCUT2D eigenvalue weighted by Crippen LogP contribution is -2.47. The highest BCUT2D eigenvalue weighted by molar-refractivity contribution is 7.81. The largest absolute Gasteiger partial charge is 0.327 e. The van der Waals surface area contributed by atoms with Crippen LogP contribution in [0.25, 0.3) is 0 Å². The molecule has 2 aromatic carbocycles. The number of nitrogens with one attached hydrogen (secondary N) is 2. The van der Waals surface area contributed by atoms with Crippen LogP contribution in [0.3, 0.4) is 0 Å². The number of likely N-dealkylation sites (N-methyl/N-ethyl adjacent to an activating group) is 1. The van der Waals surface area contributed by atoms with Crippen molar-refractivity contribution in [3.8, 4) is 0 Å². The van der Waals surface area contributed by atoms with Gasteiger partial charge in [-0.2, -0.15) is 17.7 Å². The number of carbonyl (C=O) groups is 2. The average molecular weight is 506 g/mol. The first kappa shape index (κ1) is 28.6. The van der Waals surface area contributed by atoms with E-state index in [0.717, 1.165) is 37.2 Å². The Labute approximate surface area is 211 Å². The van der Waals surface area contributed by atoms with Crippen molar-refractivity contribution in [2.45, 2.75) is 37.3 Å². The zero-order valence-electron chi connectivity index (χ0n) is 19.8. The molecule has 0 radical (unpaired) electrons. The molecule has 0 saturated heterocycles. The molecule has 2 N–H and O–H groups in total. The van der Waals surface area contributed by atoms with Crippen molar-refractivity contribution < 1.29 is 23.2 Å². The highest BCUT2D eigenvalue weighted by Gasteiger charge is 2.27. The molecule has 1 saturated carbocycles. The van der Waals surface area contributed by atoms with Gasteiger partial charge in [-0.15, -0.1) is 0 Å². The van der Waals surface area contributed by atoms with Gasteiger partial charge in [0.05, 0.1) is 0 Å². The molecule has 4 rings (SSSR count). The summed E-state index contributed by atoms with van der Waals surface area (Å²) in [5, 5.41) is 7.07. The first-order valence-corrected chi connectivity index (χ1v) is 12.0. The lowest BCUT2D eigenvalue weighted by atomic mass is 10.1. The summed E-state index contributed by atoms with van der Waals surface area (Å²) in [5.41, 5.74) is 0.359. The number of thiol groups is 1. The molecule has 190 valence electrons. The normalized spacial score (nSPS) is 18.1. The topological polar surface area (TPSA) is 70.7 Å². The van der Waals surface area contributed by atoms with Crippen molar-refractivity contribution in [2.75, 3.05) is 20.1 Å². The minimum Gasteiger partial charge on any atom is -0.327 e. The van der Waals surface area contributed by atoms with E-state index in [1.54, 1.807) is 7.05 Å². The van der Waals surface area contributed by atoms with Crippen LogP contribution >= 0.6 is 12.6 Å². The van der Waals surface area contributed by atoms with E-state index >= 15 is 0 Å². The van der Waals surface area contributed by atoms with E-state index < -0.39 is 17.0 Å². The summed E-state index contributed by atoms with van der Waals surface area (Å²) in [6.07, 6.45) is 7.77. The number of amides is 1. The Balaban J connectivity index is 0.000000214. The molecule has 0 spiro atoms. The van der Waals surface area contributed by atoms with Gasteiger partial charge in [-0.3, -0.25) is 9.63 Å². The van der Waals surface area contributed by atoms with E-state index in [-0.39, 0.29) is 18.6 Å². The molecule has 0 aromatic heterocycles. The van der Waals surface area contributed by atoms with Gasteiger partial charge in [-0.25, -0.2) is 8.78 Å². The van der Waals surface area contributed by atoms with E-state index in [0.29, 0.717) is 18.3 Å². The molecule has 2 aliphatic rings. The quantitative estimate of drug-likeness (QED) is 0.231. The van der Waals surface area contributed by atoms with Gasteiger partial charge >= 0.3 is 0 Å². The molecule has 1 amide bonds. The first-order valence-electron chi connectivity index (χ1n) is 11.5. The number of benzene rings is 2. The molecular weight excluding hydrogens is 472 g/mol. The van der Waals surface area contributed by atoms with E-state index in [4.69, 9.17) is 4.84 Å². The van der Waals surface area contributed by atoms with Crippen molar-refractivity contribution in [2.24, 2.45) is 5.92 Å². The molecule has 2 aromatic rings. The van der Waals surface area contributed by atoms with Crippen LogP contribution in [0.5, 0.6) is 0 Å². The van der Waals surface area contributed by atoms with Crippen LogP contribution in [0, 0.1) is 17.6 Å². The Kier molecular flexibility index (Phi) is 13.2. The van der Waals surface area contributed by atoms with Crippen LogP contribution in [-0.2, 0) is 20.8 Å². The molecule has 35 heavy (non-hydrogen) atoms. The van der Waals surface area contributed by atoms with Gasteiger partial charge in [0.1, 0.15) is 23.3 Å². The Morgan fingerprint density at radius 3 is 2.23 bits per heavy atom. The third kappa shape index (κ3) is 12.6. The maximum Gasteiger partial charge on any atom is 0.249 e. The molecule has 2 unspecified atom stereocenters. The van der Waals surface area contributed by atoms with Crippen molar-refractivity contribution in [1.29, 1.82) is 0 Å². The van der Waals surface area contributed by atoms with Gasteiger partial charge in [-0.1, -0.05) is 48.6 Å². The molecule has 1 heterocycles. The second-order valence-electron chi connectivity index (χ2n) is 8.09. The summed E-state index contributed by atoms with van der Waals surface area (Å²) >= 11 is 4.13. The van der Waals surface area contributed by atoms with E-state index in [1.165, 1.54) is 12.8 Å². The highest BCUT2D eigenvalue weighted by atomic mass is 32.1. The molecule has 6 nitrogen and oxygen atoms in total. The van der Waals surface area contributed by atoms with Gasteiger partial charge in [0.25, 0.3) is 0 Å².